The van der Waals surface area contributed by atoms with Crippen LogP contribution in [-0.2, 0) is 6.54 Å². The minimum atomic E-state index is -1.07. The van der Waals surface area contributed by atoms with Crippen LogP contribution in [0, 0.1) is 6.92 Å². The summed E-state index contributed by atoms with van der Waals surface area (Å²) in [6, 6.07) is 1.41. The van der Waals surface area contributed by atoms with E-state index in [4.69, 9.17) is 0 Å². The number of nitrogens with zero attached hydrogens (tertiary/aromatic N) is 2. The number of rotatable bonds is 0. The third kappa shape index (κ3) is 1.39. The third-order valence-electron chi connectivity index (χ3n) is 1.98. The summed E-state index contributed by atoms with van der Waals surface area (Å²) in [6.07, 6.45) is 1.89. The number of alkyl halides is 1. The van der Waals surface area contributed by atoms with Gasteiger partial charge in [-0.3, -0.25) is 9.36 Å². The minimum Gasteiger partial charge on any atom is -0.290 e. The predicted octanol–water partition coefficient (Wildman–Crippen LogP) is 0.917. The Hall–Kier alpha value is -1.45. The van der Waals surface area contributed by atoms with Gasteiger partial charge in [-0.2, -0.15) is 0 Å². The second-order valence-corrected chi connectivity index (χ2v) is 3.08. The highest BCUT2D eigenvalue weighted by molar-refractivity contribution is 5.43. The van der Waals surface area contributed by atoms with Gasteiger partial charge >= 0.3 is 0 Å². The van der Waals surface area contributed by atoms with Crippen LogP contribution in [0.25, 0.3) is 6.08 Å². The van der Waals surface area contributed by atoms with Crippen molar-refractivity contribution in [3.05, 3.63) is 34.0 Å². The van der Waals surface area contributed by atoms with E-state index in [2.05, 4.69) is 4.98 Å². The second kappa shape index (κ2) is 2.80. The molecule has 0 amide bonds. The Morgan fingerprint density at radius 1 is 1.69 bits per heavy atom. The maximum absolute atomic E-state index is 12.9. The van der Waals surface area contributed by atoms with Crippen molar-refractivity contribution >= 4 is 6.08 Å². The Morgan fingerprint density at radius 3 is 3.23 bits per heavy atom. The SMILES string of the molecule is Cc1cc(=O)n2c(n1)C=CC(F)C2. The molecule has 1 unspecified atom stereocenters. The van der Waals surface area contributed by atoms with E-state index in [-0.39, 0.29) is 12.1 Å². The van der Waals surface area contributed by atoms with Crippen molar-refractivity contribution in [2.24, 2.45) is 0 Å². The van der Waals surface area contributed by atoms with Crippen molar-refractivity contribution in [3.8, 4) is 0 Å². The van der Waals surface area contributed by atoms with E-state index in [0.717, 1.165) is 0 Å². The van der Waals surface area contributed by atoms with Crippen LogP contribution in [0.1, 0.15) is 11.5 Å². The lowest BCUT2D eigenvalue weighted by molar-refractivity contribution is 0.344. The summed E-state index contributed by atoms with van der Waals surface area (Å²) in [7, 11) is 0. The smallest absolute Gasteiger partial charge is 0.254 e. The van der Waals surface area contributed by atoms with Crippen LogP contribution in [0.2, 0.25) is 0 Å². The van der Waals surface area contributed by atoms with Gasteiger partial charge in [0.25, 0.3) is 5.56 Å². The number of aryl methyl sites for hydroxylation is 1. The number of halogens is 1. The third-order valence-corrected chi connectivity index (χ3v) is 1.98. The van der Waals surface area contributed by atoms with Gasteiger partial charge in [-0.05, 0) is 19.1 Å². The standard InChI is InChI=1S/C9H9FN2O/c1-6-4-9(13)12-5-7(10)2-3-8(12)11-6/h2-4,7H,5H2,1H3. The van der Waals surface area contributed by atoms with Gasteiger partial charge in [0.15, 0.2) is 0 Å². The van der Waals surface area contributed by atoms with Crippen molar-refractivity contribution < 1.29 is 4.39 Å². The molecule has 1 aromatic rings. The summed E-state index contributed by atoms with van der Waals surface area (Å²) in [5, 5.41) is 0. The molecule has 1 aliphatic rings. The van der Waals surface area contributed by atoms with Crippen LogP contribution in [0.3, 0.4) is 0 Å². The quantitative estimate of drug-likeness (QED) is 0.595. The molecule has 3 nitrogen and oxygen atoms in total. The summed E-state index contributed by atoms with van der Waals surface area (Å²) >= 11 is 0. The molecule has 4 heteroatoms. The van der Waals surface area contributed by atoms with Crippen molar-refractivity contribution in [2.75, 3.05) is 0 Å². The van der Waals surface area contributed by atoms with Crippen molar-refractivity contribution in [3.63, 3.8) is 0 Å². The zero-order chi connectivity index (χ0) is 9.42. The summed E-state index contributed by atoms with van der Waals surface area (Å²) < 4.78 is 14.2. The molecule has 0 saturated carbocycles. The van der Waals surface area contributed by atoms with Gasteiger partial charge in [0.2, 0.25) is 0 Å². The number of hydrogen-bond acceptors (Lipinski definition) is 2. The minimum absolute atomic E-state index is 0.0813. The monoisotopic (exact) mass is 180 g/mol. The highest BCUT2D eigenvalue weighted by Gasteiger charge is 2.13. The lowest BCUT2D eigenvalue weighted by Gasteiger charge is -2.15. The fourth-order valence-electron chi connectivity index (χ4n) is 1.38. The van der Waals surface area contributed by atoms with Gasteiger partial charge in [-0.1, -0.05) is 0 Å². The molecule has 0 aliphatic carbocycles. The predicted molar refractivity (Wildman–Crippen MR) is 47.2 cm³/mol. The first-order valence-electron chi connectivity index (χ1n) is 4.07. The van der Waals surface area contributed by atoms with E-state index in [9.17, 15) is 9.18 Å². The molecule has 68 valence electrons. The molecule has 0 fully saturated rings. The van der Waals surface area contributed by atoms with E-state index in [1.165, 1.54) is 16.7 Å². The normalized spacial score (nSPS) is 20.0. The summed E-state index contributed by atoms with van der Waals surface area (Å²) in [4.78, 5) is 15.5. The molecule has 1 atom stereocenters. The van der Waals surface area contributed by atoms with E-state index in [1.807, 2.05) is 0 Å². The molecule has 2 rings (SSSR count). The van der Waals surface area contributed by atoms with Gasteiger partial charge < -0.3 is 0 Å². The molecule has 0 bridgehead atoms. The fourth-order valence-corrected chi connectivity index (χ4v) is 1.38. The number of fused-ring (bicyclic) bond motifs is 1. The number of aromatic nitrogens is 2. The Kier molecular flexibility index (Phi) is 1.76. The molecule has 0 aromatic carbocycles. The fraction of sp³-hybridized carbons (Fsp3) is 0.333. The van der Waals surface area contributed by atoms with Crippen LogP contribution in [0.5, 0.6) is 0 Å². The molecule has 13 heavy (non-hydrogen) atoms. The van der Waals surface area contributed by atoms with Crippen molar-refractivity contribution in [1.29, 1.82) is 0 Å². The van der Waals surface area contributed by atoms with Crippen LogP contribution < -0.4 is 5.56 Å². The van der Waals surface area contributed by atoms with Crippen LogP contribution >= 0.6 is 0 Å². The number of hydrogen-bond donors (Lipinski definition) is 0. The average molecular weight is 180 g/mol. The Labute approximate surface area is 74.5 Å². The van der Waals surface area contributed by atoms with Crippen LogP contribution in [0.4, 0.5) is 4.39 Å². The van der Waals surface area contributed by atoms with Gasteiger partial charge in [-0.15, -0.1) is 0 Å². The topological polar surface area (TPSA) is 34.9 Å². The molecular formula is C9H9FN2O. The maximum Gasteiger partial charge on any atom is 0.254 e. The van der Waals surface area contributed by atoms with Crippen LogP contribution in [0.15, 0.2) is 16.9 Å². The van der Waals surface area contributed by atoms with E-state index >= 15 is 0 Å². The van der Waals surface area contributed by atoms with Gasteiger partial charge in [0.05, 0.1) is 6.54 Å². The highest BCUT2D eigenvalue weighted by atomic mass is 19.1. The highest BCUT2D eigenvalue weighted by Crippen LogP contribution is 2.09. The van der Waals surface area contributed by atoms with Crippen molar-refractivity contribution in [1.82, 2.24) is 9.55 Å². The average Bonchev–Trinajstić information content (AvgIpc) is 2.06. The maximum atomic E-state index is 12.9. The second-order valence-electron chi connectivity index (χ2n) is 3.08. The Balaban J connectivity index is 2.63. The van der Waals surface area contributed by atoms with Gasteiger partial charge in [-0.25, -0.2) is 9.37 Å². The lowest BCUT2D eigenvalue weighted by atomic mass is 10.2. The molecule has 2 heterocycles. The Morgan fingerprint density at radius 2 is 2.46 bits per heavy atom. The van der Waals surface area contributed by atoms with Gasteiger partial charge in [0, 0.05) is 11.8 Å². The lowest BCUT2D eigenvalue weighted by Crippen LogP contribution is -2.29. The number of allylic oxidation sites excluding steroid dienone is 1. The van der Waals surface area contributed by atoms with Crippen molar-refractivity contribution in [2.45, 2.75) is 19.6 Å². The summed E-state index contributed by atoms with van der Waals surface area (Å²) in [6.45, 7) is 1.83. The first kappa shape index (κ1) is 8.16. The molecule has 1 aliphatic heterocycles. The molecule has 0 N–H and O–H groups in total. The first-order valence-corrected chi connectivity index (χ1v) is 4.07. The molecule has 0 spiro atoms. The summed E-state index contributed by atoms with van der Waals surface area (Å²) in [5.41, 5.74) is 0.479. The van der Waals surface area contributed by atoms with E-state index < -0.39 is 6.17 Å². The van der Waals surface area contributed by atoms with Gasteiger partial charge in [0.1, 0.15) is 12.0 Å². The molecule has 0 radical (unpaired) electrons. The molecular weight excluding hydrogens is 171 g/mol. The first-order chi connectivity index (χ1) is 6.16. The Bertz CT molecular complexity index is 422. The zero-order valence-electron chi connectivity index (χ0n) is 7.20. The van der Waals surface area contributed by atoms with E-state index in [1.54, 1.807) is 13.0 Å². The summed E-state index contributed by atoms with van der Waals surface area (Å²) in [5.74, 6) is 0.541. The molecule has 0 saturated heterocycles. The van der Waals surface area contributed by atoms with Crippen LogP contribution in [-0.4, -0.2) is 15.7 Å². The zero-order valence-corrected chi connectivity index (χ0v) is 7.20. The van der Waals surface area contributed by atoms with E-state index in [0.29, 0.717) is 11.5 Å². The molecule has 1 aromatic heterocycles. The largest absolute Gasteiger partial charge is 0.290 e.